The average Bonchev–Trinajstić information content (AvgIpc) is 2.94. The van der Waals surface area contributed by atoms with E-state index in [1.807, 2.05) is 31.2 Å². The number of anilines is 1. The molecule has 0 unspecified atom stereocenters. The lowest BCUT2D eigenvalue weighted by atomic mass is 9.96. The number of ether oxygens (including phenoxy) is 2. The lowest BCUT2D eigenvalue weighted by molar-refractivity contribution is 0.117. The number of carbonyl (C=O) groups excluding carboxylic acids is 1. The van der Waals surface area contributed by atoms with Crippen molar-refractivity contribution in [2.24, 2.45) is 0 Å². The Labute approximate surface area is 158 Å². The first-order valence-electron chi connectivity index (χ1n) is 8.89. The average molecular weight is 367 g/mol. The number of H-pyrrole nitrogens is 1. The van der Waals surface area contributed by atoms with Gasteiger partial charge >= 0.3 is 6.09 Å². The zero-order valence-electron chi connectivity index (χ0n) is 16.3. The first kappa shape index (κ1) is 18.6. The van der Waals surface area contributed by atoms with Crippen molar-refractivity contribution in [3.05, 3.63) is 47.7 Å². The molecule has 1 aromatic heterocycles. The highest BCUT2D eigenvalue weighted by molar-refractivity contribution is 6.00. The molecular weight excluding hydrogens is 342 g/mol. The number of nitrogens with one attached hydrogen (secondary N) is 3. The number of aryl methyl sites for hydroxylation is 2. The normalized spacial score (nSPS) is 10.9. The van der Waals surface area contributed by atoms with E-state index in [1.54, 1.807) is 21.0 Å². The molecule has 0 radical (unpaired) electrons. The number of hydrogen-bond donors (Lipinski definition) is 3. The molecule has 3 N–H and O–H groups in total. The highest BCUT2D eigenvalue weighted by atomic mass is 16.6. The number of hydrogen-bond acceptors (Lipinski definition) is 4. The van der Waals surface area contributed by atoms with Gasteiger partial charge in [-0.2, -0.15) is 0 Å². The first-order chi connectivity index (χ1) is 12.9. The van der Waals surface area contributed by atoms with Crippen LogP contribution in [0.5, 0.6) is 5.75 Å². The van der Waals surface area contributed by atoms with Gasteiger partial charge in [0.05, 0.1) is 18.9 Å². The van der Waals surface area contributed by atoms with Crippen molar-refractivity contribution in [1.82, 2.24) is 10.4 Å². The summed E-state index contributed by atoms with van der Waals surface area (Å²) < 4.78 is 10.7. The third kappa shape index (κ3) is 3.84. The second-order valence-electron chi connectivity index (χ2n) is 6.75. The smallest absolute Gasteiger partial charge is 0.426 e. The molecule has 0 saturated carbocycles. The van der Waals surface area contributed by atoms with Crippen LogP contribution in [0.15, 0.2) is 36.4 Å². The van der Waals surface area contributed by atoms with Crippen LogP contribution >= 0.6 is 0 Å². The summed E-state index contributed by atoms with van der Waals surface area (Å²) in [5.74, 6) is 0.726. The van der Waals surface area contributed by atoms with Gasteiger partial charge < -0.3 is 14.5 Å². The summed E-state index contributed by atoms with van der Waals surface area (Å²) in [6.45, 7) is 7.68. The van der Waals surface area contributed by atoms with Crippen molar-refractivity contribution in [2.75, 3.05) is 12.5 Å². The Hall–Kier alpha value is -3.15. The maximum atomic E-state index is 11.7. The Balaban J connectivity index is 1.98. The van der Waals surface area contributed by atoms with Crippen LogP contribution in [-0.4, -0.2) is 24.3 Å². The summed E-state index contributed by atoms with van der Waals surface area (Å²) in [5.41, 5.74) is 11.5. The highest BCUT2D eigenvalue weighted by Gasteiger charge is 2.18. The molecular formula is C21H25N3O3. The molecule has 6 nitrogen and oxygen atoms in total. The second kappa shape index (κ2) is 7.61. The van der Waals surface area contributed by atoms with Gasteiger partial charge in [0.25, 0.3) is 0 Å². The largest absolute Gasteiger partial charge is 0.496 e. The molecule has 142 valence electrons. The Bertz CT molecular complexity index is 976. The molecule has 0 atom stereocenters. The number of aromatic amines is 1. The number of fused-ring (bicyclic) bond motifs is 1. The quantitative estimate of drug-likeness (QED) is 0.559. The van der Waals surface area contributed by atoms with Crippen LogP contribution in [0.25, 0.3) is 22.0 Å². The van der Waals surface area contributed by atoms with E-state index in [2.05, 4.69) is 34.9 Å². The number of methoxy groups -OCH3 is 1. The molecule has 0 aliphatic heterocycles. The van der Waals surface area contributed by atoms with E-state index in [0.717, 1.165) is 39.0 Å². The van der Waals surface area contributed by atoms with E-state index in [4.69, 9.17) is 9.47 Å². The third-order valence-electron chi connectivity index (χ3n) is 4.31. The molecule has 1 heterocycles. The topological polar surface area (TPSA) is 75.4 Å². The Morgan fingerprint density at radius 3 is 2.56 bits per heavy atom. The van der Waals surface area contributed by atoms with E-state index in [0.29, 0.717) is 5.69 Å². The molecule has 1 amide bonds. The van der Waals surface area contributed by atoms with Crippen LogP contribution in [0.4, 0.5) is 10.5 Å². The summed E-state index contributed by atoms with van der Waals surface area (Å²) in [5, 5.41) is 1.15. The molecule has 3 rings (SSSR count). The molecule has 6 heteroatoms. The van der Waals surface area contributed by atoms with Crippen LogP contribution in [0.1, 0.15) is 25.1 Å². The minimum absolute atomic E-state index is 0.185. The van der Waals surface area contributed by atoms with Gasteiger partial charge in [-0.3, -0.25) is 5.43 Å². The summed E-state index contributed by atoms with van der Waals surface area (Å²) in [6.07, 6.45) is -0.714. The number of para-hydroxylation sites is 1. The monoisotopic (exact) mass is 367 g/mol. The van der Waals surface area contributed by atoms with E-state index in [-0.39, 0.29) is 6.10 Å². The summed E-state index contributed by atoms with van der Waals surface area (Å²) >= 11 is 0. The molecule has 0 saturated heterocycles. The SMILES string of the molecule is COc1cc(NNC(=O)OC(C)C)cc(C)c1-c1c(C)[nH]c2ccccc12. The number of aromatic nitrogens is 1. The predicted octanol–water partition coefficient (Wildman–Crippen LogP) is 4.92. The number of benzene rings is 2. The van der Waals surface area contributed by atoms with Crippen molar-refractivity contribution in [3.8, 4) is 16.9 Å². The molecule has 0 bridgehead atoms. The molecule has 0 aliphatic carbocycles. The standard InChI is InChI=1S/C21H25N3O3/c1-12(2)27-21(25)24-23-15-10-13(3)19(18(11-15)26-5)20-14(4)22-17-9-7-6-8-16(17)20/h6-12,22-23H,1-5H3,(H,24,25). The van der Waals surface area contributed by atoms with Gasteiger partial charge in [0, 0.05) is 33.8 Å². The van der Waals surface area contributed by atoms with Crippen molar-refractivity contribution in [2.45, 2.75) is 33.8 Å². The van der Waals surface area contributed by atoms with E-state index in [9.17, 15) is 4.79 Å². The van der Waals surface area contributed by atoms with Crippen molar-refractivity contribution < 1.29 is 14.3 Å². The van der Waals surface area contributed by atoms with Crippen molar-refractivity contribution >= 4 is 22.7 Å². The van der Waals surface area contributed by atoms with Crippen molar-refractivity contribution in [1.29, 1.82) is 0 Å². The predicted molar refractivity (Wildman–Crippen MR) is 108 cm³/mol. The molecule has 3 aromatic rings. The fraction of sp³-hybridized carbons (Fsp3) is 0.286. The maximum absolute atomic E-state index is 11.7. The first-order valence-corrected chi connectivity index (χ1v) is 8.89. The van der Waals surface area contributed by atoms with E-state index in [1.165, 1.54) is 0 Å². The minimum atomic E-state index is -0.529. The van der Waals surface area contributed by atoms with Crippen LogP contribution < -0.4 is 15.6 Å². The van der Waals surface area contributed by atoms with Crippen LogP contribution in [0.3, 0.4) is 0 Å². The van der Waals surface area contributed by atoms with Gasteiger partial charge in [0.1, 0.15) is 5.75 Å². The molecule has 0 aliphatic rings. The molecule has 0 fully saturated rings. The van der Waals surface area contributed by atoms with Gasteiger partial charge in [-0.15, -0.1) is 0 Å². The minimum Gasteiger partial charge on any atom is -0.496 e. The summed E-state index contributed by atoms with van der Waals surface area (Å²) in [7, 11) is 1.65. The molecule has 0 spiro atoms. The third-order valence-corrected chi connectivity index (χ3v) is 4.31. The number of carbonyl (C=O) groups is 1. The fourth-order valence-corrected chi connectivity index (χ4v) is 3.27. The highest BCUT2D eigenvalue weighted by Crippen LogP contribution is 2.41. The summed E-state index contributed by atoms with van der Waals surface area (Å²) in [4.78, 5) is 15.1. The number of hydrazine groups is 1. The lowest BCUT2D eigenvalue weighted by Crippen LogP contribution is -2.31. The van der Waals surface area contributed by atoms with Crippen LogP contribution in [-0.2, 0) is 4.74 Å². The zero-order chi connectivity index (χ0) is 19.6. The maximum Gasteiger partial charge on any atom is 0.426 e. The van der Waals surface area contributed by atoms with Gasteiger partial charge in [-0.25, -0.2) is 10.2 Å². The molecule has 2 aromatic carbocycles. The van der Waals surface area contributed by atoms with Crippen molar-refractivity contribution in [3.63, 3.8) is 0 Å². The lowest BCUT2D eigenvalue weighted by Gasteiger charge is -2.16. The number of amides is 1. The van der Waals surface area contributed by atoms with Crippen LogP contribution in [0, 0.1) is 13.8 Å². The molecule has 27 heavy (non-hydrogen) atoms. The van der Waals surface area contributed by atoms with Gasteiger partial charge in [0.2, 0.25) is 0 Å². The van der Waals surface area contributed by atoms with E-state index >= 15 is 0 Å². The second-order valence-corrected chi connectivity index (χ2v) is 6.75. The van der Waals surface area contributed by atoms with E-state index < -0.39 is 6.09 Å². The summed E-state index contributed by atoms with van der Waals surface area (Å²) in [6, 6.07) is 12.0. The fourth-order valence-electron chi connectivity index (χ4n) is 3.27. The van der Waals surface area contributed by atoms with Gasteiger partial charge in [-0.1, -0.05) is 18.2 Å². The number of rotatable bonds is 5. The Kier molecular flexibility index (Phi) is 5.26. The van der Waals surface area contributed by atoms with Gasteiger partial charge in [0.15, 0.2) is 0 Å². The van der Waals surface area contributed by atoms with Gasteiger partial charge in [-0.05, 0) is 45.4 Å². The Morgan fingerprint density at radius 2 is 1.85 bits per heavy atom. The Morgan fingerprint density at radius 1 is 1.11 bits per heavy atom. The van der Waals surface area contributed by atoms with Crippen LogP contribution in [0.2, 0.25) is 0 Å². The zero-order valence-corrected chi connectivity index (χ0v) is 16.3.